The molecule has 0 spiro atoms. The molecule has 29 heavy (non-hydrogen) atoms. The van der Waals surface area contributed by atoms with E-state index in [-0.39, 0.29) is 24.0 Å². The Morgan fingerprint density at radius 3 is 2.55 bits per heavy atom. The summed E-state index contributed by atoms with van der Waals surface area (Å²) in [6.07, 6.45) is 2.33. The molecule has 0 aliphatic rings. The number of hydrogen-bond donors (Lipinski definition) is 2. The average molecular weight is 530 g/mol. The first-order valence-electron chi connectivity index (χ1n) is 10.4. The van der Waals surface area contributed by atoms with Crippen molar-refractivity contribution in [2.75, 3.05) is 26.2 Å². The topological polar surface area (TPSA) is 52.6 Å². The standard InChI is InChI=1S/C22H35N5S.HI/c1-5-23-22(25-18(4)12-11-15-27(6-2)7-3)24-16-20-17-28-21(26-20)19-13-9-8-10-14-19;/h8-10,13-14,17-18H,5-7,11-12,15-16H2,1-4H3,(H2,23,24,25);1H. The van der Waals surface area contributed by atoms with Crippen molar-refractivity contribution in [3.8, 4) is 10.6 Å². The van der Waals surface area contributed by atoms with Gasteiger partial charge in [0.1, 0.15) is 5.01 Å². The van der Waals surface area contributed by atoms with Crippen LogP contribution in [0.4, 0.5) is 0 Å². The minimum absolute atomic E-state index is 0. The number of hydrogen-bond acceptors (Lipinski definition) is 4. The van der Waals surface area contributed by atoms with Crippen LogP contribution in [0.25, 0.3) is 10.6 Å². The number of guanidine groups is 1. The molecule has 2 rings (SSSR count). The number of nitrogens with zero attached hydrogens (tertiary/aromatic N) is 3. The lowest BCUT2D eigenvalue weighted by Gasteiger charge is -2.21. The van der Waals surface area contributed by atoms with E-state index in [2.05, 4.69) is 60.7 Å². The lowest BCUT2D eigenvalue weighted by atomic mass is 10.2. The number of halogens is 1. The minimum atomic E-state index is 0. The van der Waals surface area contributed by atoms with E-state index in [4.69, 9.17) is 9.98 Å². The van der Waals surface area contributed by atoms with E-state index in [0.717, 1.165) is 54.8 Å². The first-order valence-corrected chi connectivity index (χ1v) is 11.3. The Morgan fingerprint density at radius 2 is 1.90 bits per heavy atom. The Balaban J connectivity index is 0.00000420. The zero-order valence-corrected chi connectivity index (χ0v) is 21.3. The van der Waals surface area contributed by atoms with Gasteiger partial charge in [-0.1, -0.05) is 44.2 Å². The van der Waals surface area contributed by atoms with Crippen LogP contribution in [0.1, 0.15) is 46.2 Å². The lowest BCUT2D eigenvalue weighted by Crippen LogP contribution is -2.42. The van der Waals surface area contributed by atoms with Crippen molar-refractivity contribution in [1.29, 1.82) is 0 Å². The highest BCUT2D eigenvalue weighted by atomic mass is 127. The van der Waals surface area contributed by atoms with Gasteiger partial charge in [-0.25, -0.2) is 9.98 Å². The van der Waals surface area contributed by atoms with Gasteiger partial charge in [0.05, 0.1) is 12.2 Å². The monoisotopic (exact) mass is 529 g/mol. The third kappa shape index (κ3) is 9.44. The normalized spacial score (nSPS) is 12.5. The second-order valence-corrected chi connectivity index (χ2v) is 7.78. The Labute approximate surface area is 197 Å². The van der Waals surface area contributed by atoms with Crippen LogP contribution >= 0.6 is 35.3 Å². The summed E-state index contributed by atoms with van der Waals surface area (Å²) in [5.41, 5.74) is 2.17. The highest BCUT2D eigenvalue weighted by Gasteiger charge is 2.08. The van der Waals surface area contributed by atoms with Gasteiger partial charge in [0.15, 0.2) is 5.96 Å². The third-order valence-electron chi connectivity index (χ3n) is 4.70. The van der Waals surface area contributed by atoms with Gasteiger partial charge in [0.25, 0.3) is 0 Å². The molecule has 2 N–H and O–H groups in total. The molecule has 1 atom stereocenters. The predicted octanol–water partition coefficient (Wildman–Crippen LogP) is 4.99. The molecule has 1 heterocycles. The fourth-order valence-electron chi connectivity index (χ4n) is 3.04. The van der Waals surface area contributed by atoms with Gasteiger partial charge in [-0.3, -0.25) is 0 Å². The van der Waals surface area contributed by atoms with E-state index in [1.165, 1.54) is 6.42 Å². The molecule has 0 aliphatic heterocycles. The van der Waals surface area contributed by atoms with Gasteiger partial charge in [-0.15, -0.1) is 35.3 Å². The fraction of sp³-hybridized carbons (Fsp3) is 0.545. The predicted molar refractivity (Wildman–Crippen MR) is 137 cm³/mol. The maximum absolute atomic E-state index is 4.73. The number of rotatable bonds is 11. The molecular weight excluding hydrogens is 493 g/mol. The molecule has 0 saturated heterocycles. The van der Waals surface area contributed by atoms with Crippen LogP contribution in [0.5, 0.6) is 0 Å². The first kappa shape index (κ1) is 25.8. The number of aliphatic imine (C=N–C) groups is 1. The SMILES string of the molecule is CCNC(=NCc1csc(-c2ccccc2)n1)NC(C)CCCN(CC)CC.I. The van der Waals surface area contributed by atoms with Crippen molar-refractivity contribution in [2.24, 2.45) is 4.99 Å². The van der Waals surface area contributed by atoms with E-state index in [1.54, 1.807) is 11.3 Å². The van der Waals surface area contributed by atoms with E-state index in [1.807, 2.05) is 18.2 Å². The second kappa shape index (κ2) is 14.7. The van der Waals surface area contributed by atoms with Crippen molar-refractivity contribution in [3.63, 3.8) is 0 Å². The zero-order valence-electron chi connectivity index (χ0n) is 18.1. The van der Waals surface area contributed by atoms with Crippen molar-refractivity contribution in [2.45, 2.75) is 53.1 Å². The molecule has 0 radical (unpaired) electrons. The molecule has 2 aromatic rings. The van der Waals surface area contributed by atoms with Crippen molar-refractivity contribution >= 4 is 41.3 Å². The van der Waals surface area contributed by atoms with Gasteiger partial charge in [0, 0.05) is 23.5 Å². The van der Waals surface area contributed by atoms with Crippen molar-refractivity contribution in [1.82, 2.24) is 20.5 Å². The zero-order chi connectivity index (χ0) is 20.2. The van der Waals surface area contributed by atoms with Crippen LogP contribution in [0.2, 0.25) is 0 Å². The second-order valence-electron chi connectivity index (χ2n) is 6.92. The fourth-order valence-corrected chi connectivity index (χ4v) is 3.86. The minimum Gasteiger partial charge on any atom is -0.357 e. The molecule has 7 heteroatoms. The summed E-state index contributed by atoms with van der Waals surface area (Å²) in [5.74, 6) is 0.868. The number of aromatic nitrogens is 1. The quantitative estimate of drug-likeness (QED) is 0.245. The van der Waals surface area contributed by atoms with Crippen molar-refractivity contribution in [3.05, 3.63) is 41.4 Å². The highest BCUT2D eigenvalue weighted by molar-refractivity contribution is 14.0. The highest BCUT2D eigenvalue weighted by Crippen LogP contribution is 2.23. The number of nitrogens with one attached hydrogen (secondary N) is 2. The smallest absolute Gasteiger partial charge is 0.191 e. The number of thiazole rings is 1. The van der Waals surface area contributed by atoms with Gasteiger partial charge in [0.2, 0.25) is 0 Å². The summed E-state index contributed by atoms with van der Waals surface area (Å²) in [6, 6.07) is 10.7. The summed E-state index contributed by atoms with van der Waals surface area (Å²) in [5, 5.41) is 10.0. The Hall–Kier alpha value is -1.19. The van der Waals surface area contributed by atoms with Gasteiger partial charge in [-0.05, 0) is 46.3 Å². The molecule has 5 nitrogen and oxygen atoms in total. The number of benzene rings is 1. The third-order valence-corrected chi connectivity index (χ3v) is 5.65. The van der Waals surface area contributed by atoms with Crippen LogP contribution in [-0.2, 0) is 6.54 Å². The molecule has 1 aromatic heterocycles. The van der Waals surface area contributed by atoms with Gasteiger partial charge < -0.3 is 15.5 Å². The Morgan fingerprint density at radius 1 is 1.17 bits per heavy atom. The summed E-state index contributed by atoms with van der Waals surface area (Å²) >= 11 is 1.67. The van der Waals surface area contributed by atoms with Crippen molar-refractivity contribution < 1.29 is 0 Å². The Kier molecular flexibility index (Phi) is 13.1. The van der Waals surface area contributed by atoms with Crippen LogP contribution in [-0.4, -0.2) is 48.1 Å². The maximum Gasteiger partial charge on any atom is 0.191 e. The van der Waals surface area contributed by atoms with E-state index in [0.29, 0.717) is 12.6 Å². The average Bonchev–Trinajstić information content (AvgIpc) is 3.19. The van der Waals surface area contributed by atoms with E-state index >= 15 is 0 Å². The van der Waals surface area contributed by atoms with Crippen LogP contribution in [0, 0.1) is 0 Å². The van der Waals surface area contributed by atoms with Gasteiger partial charge in [-0.2, -0.15) is 0 Å². The van der Waals surface area contributed by atoms with Gasteiger partial charge >= 0.3 is 0 Å². The molecule has 0 saturated carbocycles. The lowest BCUT2D eigenvalue weighted by molar-refractivity contribution is 0.292. The molecular formula is C22H36IN5S. The summed E-state index contributed by atoms with van der Waals surface area (Å²) in [6.45, 7) is 13.6. The summed E-state index contributed by atoms with van der Waals surface area (Å²) in [7, 11) is 0. The van der Waals surface area contributed by atoms with Crippen LogP contribution in [0.3, 0.4) is 0 Å². The summed E-state index contributed by atoms with van der Waals surface area (Å²) in [4.78, 5) is 11.9. The maximum atomic E-state index is 4.73. The Bertz CT molecular complexity index is 700. The molecule has 0 bridgehead atoms. The van der Waals surface area contributed by atoms with Crippen LogP contribution < -0.4 is 10.6 Å². The van der Waals surface area contributed by atoms with E-state index in [9.17, 15) is 0 Å². The first-order chi connectivity index (χ1) is 13.7. The largest absolute Gasteiger partial charge is 0.357 e. The van der Waals surface area contributed by atoms with E-state index < -0.39 is 0 Å². The molecule has 162 valence electrons. The molecule has 0 fully saturated rings. The molecule has 0 amide bonds. The molecule has 1 aromatic carbocycles. The molecule has 1 unspecified atom stereocenters. The summed E-state index contributed by atoms with van der Waals surface area (Å²) < 4.78 is 0. The molecule has 0 aliphatic carbocycles. The van der Waals surface area contributed by atoms with Crippen LogP contribution in [0.15, 0.2) is 40.7 Å².